The molecule has 0 saturated carbocycles. The first-order chi connectivity index (χ1) is 18.7. The zero-order valence-corrected chi connectivity index (χ0v) is 21.6. The molecule has 0 radical (unpaired) electrons. The van der Waals surface area contributed by atoms with Crippen LogP contribution in [0.15, 0.2) is 83.7 Å². The molecule has 0 unspecified atom stereocenters. The number of nitrogen functional groups attached to an aromatic ring is 2. The third-order valence-corrected chi connectivity index (χ3v) is 6.19. The molecule has 1 heterocycles. The van der Waals surface area contributed by atoms with Crippen molar-refractivity contribution in [2.45, 2.75) is 19.6 Å². The van der Waals surface area contributed by atoms with E-state index in [0.29, 0.717) is 22.4 Å². The molecule has 198 valence electrons. The zero-order valence-electron chi connectivity index (χ0n) is 20.9. The molecule has 0 bridgehead atoms. The van der Waals surface area contributed by atoms with Crippen LogP contribution in [0.3, 0.4) is 0 Å². The lowest BCUT2D eigenvalue weighted by molar-refractivity contribution is -0.121. The Bertz CT molecular complexity index is 1580. The maximum atomic E-state index is 13.5. The van der Waals surface area contributed by atoms with E-state index < -0.39 is 11.5 Å². The summed E-state index contributed by atoms with van der Waals surface area (Å²) in [5.41, 5.74) is 14.3. The molecule has 11 heteroatoms. The molecular weight excluding hydrogens is 516 g/mol. The Morgan fingerprint density at radius 1 is 0.872 bits per heavy atom. The SMILES string of the molecule is N=C(N)c1ccc(CNC(=O)Cn2c(-c3ccccc3)c(Cl)nc(NCc3cccc(C(=N)N)c3)c2=O)cc1. The van der Waals surface area contributed by atoms with Gasteiger partial charge in [-0.15, -0.1) is 0 Å². The lowest BCUT2D eigenvalue weighted by Crippen LogP contribution is -2.34. The van der Waals surface area contributed by atoms with E-state index in [4.69, 9.17) is 33.9 Å². The molecule has 0 fully saturated rings. The topological polar surface area (TPSA) is 176 Å². The molecule has 3 aromatic carbocycles. The summed E-state index contributed by atoms with van der Waals surface area (Å²) >= 11 is 6.57. The lowest BCUT2D eigenvalue weighted by Gasteiger charge is -2.17. The predicted octanol–water partition coefficient (Wildman–Crippen LogP) is 3.06. The molecule has 0 aliphatic heterocycles. The number of anilines is 1. The van der Waals surface area contributed by atoms with Gasteiger partial charge in [-0.25, -0.2) is 4.98 Å². The highest BCUT2D eigenvalue weighted by atomic mass is 35.5. The Kier molecular flexibility index (Phi) is 8.37. The molecule has 10 nitrogen and oxygen atoms in total. The number of nitrogens with one attached hydrogen (secondary N) is 4. The molecule has 8 N–H and O–H groups in total. The molecule has 39 heavy (non-hydrogen) atoms. The molecule has 0 spiro atoms. The molecular formula is C28H27ClN8O2. The van der Waals surface area contributed by atoms with Gasteiger partial charge in [-0.05, 0) is 17.2 Å². The molecule has 0 aliphatic carbocycles. The number of amidine groups is 2. The van der Waals surface area contributed by atoms with Crippen LogP contribution in [0.2, 0.25) is 5.15 Å². The number of benzene rings is 3. The van der Waals surface area contributed by atoms with Gasteiger partial charge in [0.1, 0.15) is 18.2 Å². The number of carbonyl (C=O) groups excluding carboxylic acids is 1. The molecule has 1 aromatic heterocycles. The molecule has 0 saturated heterocycles. The third-order valence-electron chi connectivity index (χ3n) is 5.92. The summed E-state index contributed by atoms with van der Waals surface area (Å²) in [4.78, 5) is 30.8. The zero-order chi connectivity index (χ0) is 27.9. The number of aromatic nitrogens is 2. The second kappa shape index (κ2) is 12.1. The quantitative estimate of drug-likeness (QED) is 0.132. The fraction of sp³-hybridized carbons (Fsp3) is 0.107. The normalized spacial score (nSPS) is 10.6. The van der Waals surface area contributed by atoms with Gasteiger partial charge in [0.05, 0.1) is 5.69 Å². The molecule has 0 aliphatic rings. The number of halogens is 1. The van der Waals surface area contributed by atoms with E-state index in [2.05, 4.69) is 15.6 Å². The van der Waals surface area contributed by atoms with E-state index in [1.54, 1.807) is 66.7 Å². The van der Waals surface area contributed by atoms with Crippen molar-refractivity contribution in [2.75, 3.05) is 5.32 Å². The van der Waals surface area contributed by atoms with Crippen LogP contribution >= 0.6 is 11.6 Å². The largest absolute Gasteiger partial charge is 0.384 e. The summed E-state index contributed by atoms with van der Waals surface area (Å²) in [6, 6.07) is 23.0. The Morgan fingerprint density at radius 2 is 1.56 bits per heavy atom. The molecule has 4 rings (SSSR count). The second-order valence-corrected chi connectivity index (χ2v) is 9.07. The van der Waals surface area contributed by atoms with E-state index in [-0.39, 0.29) is 42.3 Å². The third kappa shape index (κ3) is 6.68. The van der Waals surface area contributed by atoms with Crippen molar-refractivity contribution in [3.63, 3.8) is 0 Å². The van der Waals surface area contributed by atoms with Crippen LogP contribution in [0.4, 0.5) is 5.82 Å². The van der Waals surface area contributed by atoms with Crippen LogP contribution in [0.1, 0.15) is 22.3 Å². The Morgan fingerprint density at radius 3 is 2.23 bits per heavy atom. The van der Waals surface area contributed by atoms with Crippen molar-refractivity contribution in [3.8, 4) is 11.3 Å². The van der Waals surface area contributed by atoms with Gasteiger partial charge in [0.2, 0.25) is 5.91 Å². The average molecular weight is 543 g/mol. The summed E-state index contributed by atoms with van der Waals surface area (Å²) in [6.45, 7) is 0.168. The fourth-order valence-corrected chi connectivity index (χ4v) is 4.21. The van der Waals surface area contributed by atoms with E-state index in [1.165, 1.54) is 4.57 Å². The van der Waals surface area contributed by atoms with E-state index in [1.807, 2.05) is 12.1 Å². The first-order valence-corrected chi connectivity index (χ1v) is 12.3. The van der Waals surface area contributed by atoms with Gasteiger partial charge in [-0.3, -0.25) is 25.0 Å². The molecule has 1 amide bonds. The van der Waals surface area contributed by atoms with Crippen LogP contribution in [0.25, 0.3) is 11.3 Å². The van der Waals surface area contributed by atoms with Gasteiger partial charge >= 0.3 is 0 Å². The summed E-state index contributed by atoms with van der Waals surface area (Å²) in [6.07, 6.45) is 0. The second-order valence-electron chi connectivity index (χ2n) is 8.71. The summed E-state index contributed by atoms with van der Waals surface area (Å²) in [7, 11) is 0. The highest BCUT2D eigenvalue weighted by molar-refractivity contribution is 6.32. The Balaban J connectivity index is 1.59. The molecule has 0 atom stereocenters. The van der Waals surface area contributed by atoms with Gasteiger partial charge in [0, 0.05) is 29.8 Å². The number of amides is 1. The molecule has 4 aromatic rings. The lowest BCUT2D eigenvalue weighted by atomic mass is 10.1. The van der Waals surface area contributed by atoms with Crippen molar-refractivity contribution in [3.05, 3.63) is 117 Å². The Hall–Kier alpha value is -4.96. The van der Waals surface area contributed by atoms with Crippen LogP contribution in [-0.2, 0) is 24.4 Å². The predicted molar refractivity (Wildman–Crippen MR) is 153 cm³/mol. The van der Waals surface area contributed by atoms with Crippen LogP contribution < -0.4 is 27.7 Å². The van der Waals surface area contributed by atoms with E-state index in [9.17, 15) is 9.59 Å². The smallest absolute Gasteiger partial charge is 0.294 e. The Labute approximate surface area is 229 Å². The van der Waals surface area contributed by atoms with Crippen LogP contribution in [0.5, 0.6) is 0 Å². The minimum absolute atomic E-state index is 0.0134. The number of nitrogens with two attached hydrogens (primary N) is 2. The van der Waals surface area contributed by atoms with Crippen molar-refractivity contribution >= 4 is 35.0 Å². The summed E-state index contributed by atoms with van der Waals surface area (Å²) in [5.74, 6) is -0.509. The number of carbonyl (C=O) groups is 1. The maximum absolute atomic E-state index is 13.5. The van der Waals surface area contributed by atoms with Crippen molar-refractivity contribution in [1.82, 2.24) is 14.9 Å². The van der Waals surface area contributed by atoms with Crippen molar-refractivity contribution in [1.29, 1.82) is 10.8 Å². The minimum atomic E-state index is -0.512. The van der Waals surface area contributed by atoms with Gasteiger partial charge in [-0.1, -0.05) is 84.4 Å². The van der Waals surface area contributed by atoms with Crippen molar-refractivity contribution < 1.29 is 4.79 Å². The number of nitrogens with zero attached hydrogens (tertiary/aromatic N) is 2. The minimum Gasteiger partial charge on any atom is -0.384 e. The van der Waals surface area contributed by atoms with Gasteiger partial charge in [-0.2, -0.15) is 0 Å². The highest BCUT2D eigenvalue weighted by Gasteiger charge is 2.19. The van der Waals surface area contributed by atoms with Crippen molar-refractivity contribution in [2.24, 2.45) is 11.5 Å². The fourth-order valence-electron chi connectivity index (χ4n) is 3.91. The maximum Gasteiger partial charge on any atom is 0.294 e. The first-order valence-electron chi connectivity index (χ1n) is 12.0. The first kappa shape index (κ1) is 27.1. The number of hydrogen-bond donors (Lipinski definition) is 6. The highest BCUT2D eigenvalue weighted by Crippen LogP contribution is 2.26. The summed E-state index contributed by atoms with van der Waals surface area (Å²) < 4.78 is 1.30. The van der Waals surface area contributed by atoms with E-state index >= 15 is 0 Å². The van der Waals surface area contributed by atoms with Crippen LogP contribution in [-0.4, -0.2) is 27.1 Å². The van der Waals surface area contributed by atoms with Crippen LogP contribution in [0, 0.1) is 10.8 Å². The number of rotatable bonds is 10. The van der Waals surface area contributed by atoms with E-state index in [0.717, 1.165) is 11.1 Å². The summed E-state index contributed by atoms with van der Waals surface area (Å²) in [5, 5.41) is 21.0. The number of hydrogen-bond acceptors (Lipinski definition) is 6. The monoisotopic (exact) mass is 542 g/mol. The standard InChI is InChI=1S/C28H27ClN8O2/c29-24-23(19-6-2-1-3-7-19)37(16-22(38)34-14-17-9-11-20(12-10-17)25(30)31)28(39)27(36-24)35-15-18-5-4-8-21(13-18)26(32)33/h1-13H,14-16H2,(H3,30,31)(H3,32,33)(H,34,38)(H,35,36). The average Bonchev–Trinajstić information content (AvgIpc) is 2.93. The van der Waals surface area contributed by atoms with Gasteiger partial charge in [0.25, 0.3) is 5.56 Å². The van der Waals surface area contributed by atoms with Gasteiger partial charge in [0.15, 0.2) is 11.0 Å². The van der Waals surface area contributed by atoms with Gasteiger partial charge < -0.3 is 22.1 Å².